The molecule has 4 N–H and O–H groups in total. The molecule has 1 aromatic heterocycles. The Morgan fingerprint density at radius 1 is 1.52 bits per heavy atom. The van der Waals surface area contributed by atoms with Crippen LogP contribution in [0.15, 0.2) is 17.1 Å². The van der Waals surface area contributed by atoms with E-state index in [1.807, 2.05) is 0 Å². The van der Waals surface area contributed by atoms with E-state index < -0.39 is 42.5 Å². The molecule has 1 aliphatic heterocycles. The summed E-state index contributed by atoms with van der Waals surface area (Å²) in [5, 5.41) is 28.5. The van der Waals surface area contributed by atoms with Crippen molar-refractivity contribution in [3.05, 3.63) is 27.4 Å². The molecule has 2 rings (SSSR count). The Balaban J connectivity index is 2.60. The van der Waals surface area contributed by atoms with Crippen LogP contribution in [0.5, 0.6) is 0 Å². The fourth-order valence-corrected chi connectivity index (χ4v) is 2.26. The highest BCUT2D eigenvalue weighted by Crippen LogP contribution is 2.47. The van der Waals surface area contributed by atoms with E-state index in [4.69, 9.17) is 9.84 Å². The van der Waals surface area contributed by atoms with Crippen LogP contribution in [0.2, 0.25) is 0 Å². The van der Waals surface area contributed by atoms with Crippen molar-refractivity contribution in [2.75, 3.05) is 6.61 Å². The molecule has 21 heavy (non-hydrogen) atoms. The molecule has 2 heterocycles. The van der Waals surface area contributed by atoms with E-state index in [9.17, 15) is 28.2 Å². The standard InChI is InChI=1S/C10H11F3N2O5S/c11-10(12,13)9(19)6(17)4(3-16)20-7(9)15-2-1-5(21)14-8(15)18/h1-2,4,6-7,16-17,19H,3H2,(H,14,18,21)/t4-,6?,7-,9?/m1/s1. The maximum absolute atomic E-state index is 13.1. The fourth-order valence-electron chi connectivity index (χ4n) is 2.11. The highest BCUT2D eigenvalue weighted by Gasteiger charge is 2.70. The Labute approximate surface area is 120 Å². The number of alkyl halides is 3. The molecule has 0 bridgehead atoms. The summed E-state index contributed by atoms with van der Waals surface area (Å²) in [6.07, 6.45) is -10.8. The lowest BCUT2D eigenvalue weighted by molar-refractivity contribution is -0.304. The second-order valence-corrected chi connectivity index (χ2v) is 4.93. The van der Waals surface area contributed by atoms with Gasteiger partial charge in [0.1, 0.15) is 16.8 Å². The summed E-state index contributed by atoms with van der Waals surface area (Å²) in [5.74, 6) is 0. The van der Waals surface area contributed by atoms with Crippen LogP contribution >= 0.6 is 12.2 Å². The number of aromatic amines is 1. The lowest BCUT2D eigenvalue weighted by Crippen LogP contribution is -2.58. The third kappa shape index (κ3) is 2.40. The number of aliphatic hydroxyl groups excluding tert-OH is 2. The van der Waals surface area contributed by atoms with Crippen molar-refractivity contribution in [2.24, 2.45) is 0 Å². The van der Waals surface area contributed by atoms with Gasteiger partial charge in [0.05, 0.1) is 6.61 Å². The van der Waals surface area contributed by atoms with Crippen molar-refractivity contribution >= 4 is 12.2 Å². The van der Waals surface area contributed by atoms with Crippen LogP contribution in [0.4, 0.5) is 13.2 Å². The van der Waals surface area contributed by atoms with Gasteiger partial charge in [0.15, 0.2) is 6.23 Å². The molecule has 1 fully saturated rings. The van der Waals surface area contributed by atoms with Crippen LogP contribution in [0, 0.1) is 4.64 Å². The number of H-pyrrole nitrogens is 1. The molecular weight excluding hydrogens is 317 g/mol. The summed E-state index contributed by atoms with van der Waals surface area (Å²) >= 11 is 4.65. The molecular formula is C10H11F3N2O5S. The summed E-state index contributed by atoms with van der Waals surface area (Å²) in [6.45, 7) is -0.965. The summed E-state index contributed by atoms with van der Waals surface area (Å²) in [6, 6.07) is 1.12. The monoisotopic (exact) mass is 328 g/mol. The normalized spacial score (nSPS) is 33.3. The van der Waals surface area contributed by atoms with Gasteiger partial charge in [-0.1, -0.05) is 12.2 Å². The van der Waals surface area contributed by atoms with Crippen molar-refractivity contribution in [3.8, 4) is 0 Å². The first-order valence-corrected chi connectivity index (χ1v) is 6.08. The van der Waals surface area contributed by atoms with Crippen LogP contribution in [0.25, 0.3) is 0 Å². The molecule has 0 amide bonds. The molecule has 2 unspecified atom stereocenters. The van der Waals surface area contributed by atoms with Crippen LogP contribution in [0.3, 0.4) is 0 Å². The third-order valence-corrected chi connectivity index (χ3v) is 3.46. The third-order valence-electron chi connectivity index (χ3n) is 3.22. The van der Waals surface area contributed by atoms with Crippen molar-refractivity contribution in [1.82, 2.24) is 9.55 Å². The summed E-state index contributed by atoms with van der Waals surface area (Å²) < 4.78 is 44.6. The molecule has 1 aromatic rings. The average Bonchev–Trinajstić information content (AvgIpc) is 2.63. The smallest absolute Gasteiger partial charge is 0.394 e. The molecule has 0 saturated carbocycles. The highest BCUT2D eigenvalue weighted by molar-refractivity contribution is 7.71. The zero-order valence-corrected chi connectivity index (χ0v) is 11.1. The van der Waals surface area contributed by atoms with Gasteiger partial charge in [0.2, 0.25) is 5.60 Å². The van der Waals surface area contributed by atoms with Crippen molar-refractivity contribution < 1.29 is 33.2 Å². The van der Waals surface area contributed by atoms with Crippen LogP contribution in [0.1, 0.15) is 6.23 Å². The second-order valence-electron chi connectivity index (χ2n) is 4.49. The quantitative estimate of drug-likeness (QED) is 0.543. The zero-order valence-electron chi connectivity index (χ0n) is 10.2. The molecule has 4 atom stereocenters. The summed E-state index contributed by atoms with van der Waals surface area (Å²) in [5.41, 5.74) is -4.80. The number of hydrogen-bond acceptors (Lipinski definition) is 6. The highest BCUT2D eigenvalue weighted by atomic mass is 32.1. The van der Waals surface area contributed by atoms with Gasteiger partial charge in [-0.05, 0) is 6.07 Å². The zero-order chi connectivity index (χ0) is 16.0. The van der Waals surface area contributed by atoms with Crippen LogP contribution in [-0.2, 0) is 4.74 Å². The minimum Gasteiger partial charge on any atom is -0.394 e. The molecule has 7 nitrogen and oxygen atoms in total. The number of hydrogen-bond donors (Lipinski definition) is 4. The van der Waals surface area contributed by atoms with Crippen LogP contribution in [-0.4, -0.2) is 55.5 Å². The van der Waals surface area contributed by atoms with Gasteiger partial charge >= 0.3 is 11.9 Å². The molecule has 0 radical (unpaired) electrons. The van der Waals surface area contributed by atoms with Crippen molar-refractivity contribution in [1.29, 1.82) is 0 Å². The molecule has 1 aliphatic rings. The van der Waals surface area contributed by atoms with E-state index in [0.717, 1.165) is 12.3 Å². The van der Waals surface area contributed by atoms with Crippen molar-refractivity contribution in [3.63, 3.8) is 0 Å². The summed E-state index contributed by atoms with van der Waals surface area (Å²) in [4.78, 5) is 13.8. The van der Waals surface area contributed by atoms with E-state index in [0.29, 0.717) is 4.57 Å². The molecule has 0 aliphatic carbocycles. The summed E-state index contributed by atoms with van der Waals surface area (Å²) in [7, 11) is 0. The lowest BCUT2D eigenvalue weighted by Gasteiger charge is -2.33. The molecule has 11 heteroatoms. The Morgan fingerprint density at radius 2 is 2.14 bits per heavy atom. The number of aliphatic hydroxyl groups is 3. The fraction of sp³-hybridized carbons (Fsp3) is 0.600. The van der Waals surface area contributed by atoms with Crippen molar-refractivity contribution in [2.45, 2.75) is 30.2 Å². The molecule has 1 saturated heterocycles. The maximum Gasteiger partial charge on any atom is 0.424 e. The first kappa shape index (κ1) is 16.1. The number of halogens is 3. The van der Waals surface area contributed by atoms with E-state index >= 15 is 0 Å². The number of nitrogens with one attached hydrogen (secondary N) is 1. The Bertz CT molecular complexity index is 645. The SMILES string of the molecule is O=c1[nH]c(=S)ccn1[C@@H]1O[C@H](CO)C(O)C1(O)C(F)(F)F. The topological polar surface area (TPSA) is 108 Å². The van der Waals surface area contributed by atoms with Gasteiger partial charge in [-0.3, -0.25) is 9.55 Å². The van der Waals surface area contributed by atoms with Gasteiger partial charge < -0.3 is 20.1 Å². The van der Waals surface area contributed by atoms with E-state index in [-0.39, 0.29) is 4.64 Å². The Hall–Kier alpha value is -1.27. The van der Waals surface area contributed by atoms with Gasteiger partial charge in [-0.25, -0.2) is 4.79 Å². The molecule has 0 spiro atoms. The minimum absolute atomic E-state index is 0.0240. The number of nitrogens with zero attached hydrogens (tertiary/aromatic N) is 1. The molecule has 0 aromatic carbocycles. The molecule has 118 valence electrons. The Kier molecular flexibility index (Phi) is 3.97. The minimum atomic E-state index is -5.30. The van der Waals surface area contributed by atoms with Gasteiger partial charge in [-0.15, -0.1) is 0 Å². The maximum atomic E-state index is 13.1. The van der Waals surface area contributed by atoms with E-state index in [1.54, 1.807) is 0 Å². The number of rotatable bonds is 2. The van der Waals surface area contributed by atoms with E-state index in [1.165, 1.54) is 0 Å². The first-order chi connectivity index (χ1) is 9.62. The first-order valence-electron chi connectivity index (χ1n) is 5.68. The van der Waals surface area contributed by atoms with Gasteiger partial charge in [-0.2, -0.15) is 13.2 Å². The largest absolute Gasteiger partial charge is 0.424 e. The number of aromatic nitrogens is 2. The van der Waals surface area contributed by atoms with Gasteiger partial charge in [0, 0.05) is 6.20 Å². The van der Waals surface area contributed by atoms with E-state index in [2.05, 4.69) is 17.2 Å². The number of ether oxygens (including phenoxy) is 1. The average molecular weight is 328 g/mol. The van der Waals surface area contributed by atoms with Gasteiger partial charge in [0.25, 0.3) is 0 Å². The predicted molar refractivity (Wildman–Crippen MR) is 63.9 cm³/mol. The lowest BCUT2D eigenvalue weighted by atomic mass is 9.93. The predicted octanol–water partition coefficient (Wildman–Crippen LogP) is -0.550. The second kappa shape index (κ2) is 5.18. The Morgan fingerprint density at radius 3 is 2.62 bits per heavy atom. The van der Waals surface area contributed by atoms with Crippen LogP contribution < -0.4 is 5.69 Å².